The molecular weight excluding hydrogens is 304 g/mol. The van der Waals surface area contributed by atoms with Gasteiger partial charge in [-0.3, -0.25) is 4.79 Å². The number of nitrogens with one attached hydrogen (secondary N) is 2. The van der Waals surface area contributed by atoms with E-state index in [1.54, 1.807) is 13.8 Å². The lowest BCUT2D eigenvalue weighted by atomic mass is 10.3. The third-order valence-electron chi connectivity index (χ3n) is 2.19. The van der Waals surface area contributed by atoms with Gasteiger partial charge in [-0.25, -0.2) is 17.9 Å². The molecule has 7 nitrogen and oxygen atoms in total. The molecule has 1 aromatic heterocycles. The summed E-state index contributed by atoms with van der Waals surface area (Å²) in [7, 11) is -3.78. The normalized spacial score (nSPS) is 11.6. The zero-order chi connectivity index (χ0) is 15.3. The Hall–Kier alpha value is -1.45. The Labute approximate surface area is 121 Å². The van der Waals surface area contributed by atoms with Crippen LogP contribution in [-0.2, 0) is 14.8 Å². The van der Waals surface area contributed by atoms with Crippen LogP contribution in [0.15, 0.2) is 16.3 Å². The van der Waals surface area contributed by atoms with Gasteiger partial charge in [-0.05, 0) is 19.9 Å². The topological polar surface area (TPSA) is 113 Å². The molecule has 9 heteroatoms. The van der Waals surface area contributed by atoms with Gasteiger partial charge >= 0.3 is 5.97 Å². The number of rotatable bonds is 7. The van der Waals surface area contributed by atoms with Crippen LogP contribution in [-0.4, -0.2) is 38.0 Å². The van der Waals surface area contributed by atoms with Crippen LogP contribution in [0.2, 0.25) is 0 Å². The Morgan fingerprint density at radius 3 is 2.55 bits per heavy atom. The van der Waals surface area contributed by atoms with Crippen molar-refractivity contribution in [2.75, 3.05) is 6.54 Å². The largest absolute Gasteiger partial charge is 0.477 e. The van der Waals surface area contributed by atoms with Gasteiger partial charge in [0.15, 0.2) is 0 Å². The van der Waals surface area contributed by atoms with Gasteiger partial charge < -0.3 is 10.4 Å². The number of carboxylic acid groups (broad SMARTS) is 1. The number of carboxylic acids is 1. The summed E-state index contributed by atoms with van der Waals surface area (Å²) < 4.78 is 25.9. The highest BCUT2D eigenvalue weighted by atomic mass is 32.2. The van der Waals surface area contributed by atoms with E-state index in [1.165, 1.54) is 5.38 Å². The minimum absolute atomic E-state index is 0.00546. The lowest BCUT2D eigenvalue weighted by Gasteiger charge is -2.08. The first-order chi connectivity index (χ1) is 9.22. The molecule has 0 radical (unpaired) electrons. The summed E-state index contributed by atoms with van der Waals surface area (Å²) in [6, 6.07) is 1.08. The molecule has 0 saturated carbocycles. The molecule has 0 saturated heterocycles. The lowest BCUT2D eigenvalue weighted by Crippen LogP contribution is -2.34. The number of aromatic carboxylic acids is 1. The van der Waals surface area contributed by atoms with E-state index in [1.807, 2.05) is 0 Å². The highest BCUT2D eigenvalue weighted by molar-refractivity contribution is 7.89. The van der Waals surface area contributed by atoms with Crippen molar-refractivity contribution in [1.82, 2.24) is 10.0 Å². The highest BCUT2D eigenvalue weighted by Crippen LogP contribution is 2.18. The van der Waals surface area contributed by atoms with Crippen LogP contribution in [0.5, 0.6) is 0 Å². The Morgan fingerprint density at radius 2 is 2.05 bits per heavy atom. The van der Waals surface area contributed by atoms with Crippen molar-refractivity contribution in [3.63, 3.8) is 0 Å². The van der Waals surface area contributed by atoms with Gasteiger partial charge in [0.25, 0.3) is 0 Å². The van der Waals surface area contributed by atoms with Gasteiger partial charge in [0.05, 0.1) is 4.90 Å². The second-order valence-electron chi connectivity index (χ2n) is 4.32. The van der Waals surface area contributed by atoms with E-state index in [0.717, 1.165) is 17.4 Å². The van der Waals surface area contributed by atoms with Crippen molar-refractivity contribution in [3.8, 4) is 0 Å². The fourth-order valence-corrected chi connectivity index (χ4v) is 3.49. The first-order valence-corrected chi connectivity index (χ1v) is 8.19. The van der Waals surface area contributed by atoms with Gasteiger partial charge in [-0.2, -0.15) is 0 Å². The molecule has 0 unspecified atom stereocenters. The maximum Gasteiger partial charge on any atom is 0.345 e. The second-order valence-corrected chi connectivity index (χ2v) is 7.00. The third kappa shape index (κ3) is 4.91. The van der Waals surface area contributed by atoms with Crippen LogP contribution in [0.3, 0.4) is 0 Å². The fraction of sp³-hybridized carbons (Fsp3) is 0.455. The summed E-state index contributed by atoms with van der Waals surface area (Å²) in [5.41, 5.74) is 0. The van der Waals surface area contributed by atoms with Crippen LogP contribution in [0.4, 0.5) is 0 Å². The first kappa shape index (κ1) is 16.6. The summed E-state index contributed by atoms with van der Waals surface area (Å²) in [4.78, 5) is 21.9. The van der Waals surface area contributed by atoms with Crippen LogP contribution >= 0.6 is 11.3 Å². The number of hydrogen-bond donors (Lipinski definition) is 3. The van der Waals surface area contributed by atoms with Gasteiger partial charge in [-0.15, -0.1) is 11.3 Å². The summed E-state index contributed by atoms with van der Waals surface area (Å²) in [6.07, 6.45) is 0.0212. The van der Waals surface area contributed by atoms with Gasteiger partial charge in [-0.1, -0.05) is 0 Å². The van der Waals surface area contributed by atoms with E-state index in [9.17, 15) is 18.0 Å². The van der Waals surface area contributed by atoms with E-state index < -0.39 is 16.0 Å². The SMILES string of the molecule is CC(C)NC(=O)CCNS(=O)(=O)c1csc(C(=O)O)c1. The predicted molar refractivity (Wildman–Crippen MR) is 74.4 cm³/mol. The molecule has 0 atom stereocenters. The molecule has 0 aliphatic rings. The van der Waals surface area contributed by atoms with E-state index >= 15 is 0 Å². The molecule has 0 aliphatic heterocycles. The molecule has 1 aromatic rings. The van der Waals surface area contributed by atoms with Crippen LogP contribution in [0.1, 0.15) is 29.9 Å². The number of carbonyl (C=O) groups is 2. The number of hydrogen-bond acceptors (Lipinski definition) is 5. The van der Waals surface area contributed by atoms with Crippen molar-refractivity contribution >= 4 is 33.2 Å². The standard InChI is InChI=1S/C11H16N2O5S2/c1-7(2)13-10(14)3-4-12-20(17,18)8-5-9(11(15)16)19-6-8/h5-7,12H,3-4H2,1-2H3,(H,13,14)(H,15,16). The van der Waals surface area contributed by atoms with Crippen LogP contribution < -0.4 is 10.0 Å². The van der Waals surface area contributed by atoms with Crippen molar-refractivity contribution in [2.24, 2.45) is 0 Å². The summed E-state index contributed by atoms with van der Waals surface area (Å²) in [5, 5.41) is 12.6. The average molecular weight is 320 g/mol. The van der Waals surface area contributed by atoms with Gasteiger partial charge in [0, 0.05) is 24.4 Å². The Morgan fingerprint density at radius 1 is 1.40 bits per heavy atom. The molecule has 1 heterocycles. The molecule has 1 rings (SSSR count). The van der Waals surface area contributed by atoms with E-state index in [0.29, 0.717) is 0 Å². The lowest BCUT2D eigenvalue weighted by molar-refractivity contribution is -0.121. The van der Waals surface area contributed by atoms with Crippen LogP contribution in [0, 0.1) is 0 Å². The second kappa shape index (κ2) is 6.82. The maximum absolute atomic E-state index is 11.8. The van der Waals surface area contributed by atoms with Crippen molar-refractivity contribution in [2.45, 2.75) is 31.2 Å². The zero-order valence-corrected chi connectivity index (χ0v) is 12.7. The molecule has 0 aromatic carbocycles. The molecule has 20 heavy (non-hydrogen) atoms. The van der Waals surface area contributed by atoms with Crippen molar-refractivity contribution < 1.29 is 23.1 Å². The average Bonchev–Trinajstić information content (AvgIpc) is 2.77. The minimum Gasteiger partial charge on any atom is -0.477 e. The van der Waals surface area contributed by atoms with E-state index in [-0.39, 0.29) is 34.7 Å². The Balaban J connectivity index is 2.57. The third-order valence-corrected chi connectivity index (χ3v) is 4.70. The quantitative estimate of drug-likeness (QED) is 0.682. The molecular formula is C11H16N2O5S2. The van der Waals surface area contributed by atoms with Gasteiger partial charge in [0.1, 0.15) is 4.88 Å². The Kier molecular flexibility index (Phi) is 5.66. The molecule has 0 spiro atoms. The summed E-state index contributed by atoms with van der Waals surface area (Å²) in [5.74, 6) is -1.42. The number of amides is 1. The molecule has 0 fully saturated rings. The molecule has 0 aliphatic carbocycles. The molecule has 112 valence electrons. The van der Waals surface area contributed by atoms with Crippen molar-refractivity contribution in [3.05, 3.63) is 16.3 Å². The Bertz CT molecular complexity index is 592. The smallest absolute Gasteiger partial charge is 0.345 e. The zero-order valence-electron chi connectivity index (χ0n) is 11.0. The van der Waals surface area contributed by atoms with Crippen LogP contribution in [0.25, 0.3) is 0 Å². The molecule has 1 amide bonds. The number of sulfonamides is 1. The summed E-state index contributed by atoms with van der Waals surface area (Å²) in [6.45, 7) is 3.57. The molecule has 3 N–H and O–H groups in total. The van der Waals surface area contributed by atoms with E-state index in [2.05, 4.69) is 10.0 Å². The van der Waals surface area contributed by atoms with E-state index in [4.69, 9.17) is 5.11 Å². The number of carbonyl (C=O) groups excluding carboxylic acids is 1. The van der Waals surface area contributed by atoms with Gasteiger partial charge in [0.2, 0.25) is 15.9 Å². The first-order valence-electron chi connectivity index (χ1n) is 5.83. The maximum atomic E-state index is 11.8. The fourth-order valence-electron chi connectivity index (χ4n) is 1.35. The highest BCUT2D eigenvalue weighted by Gasteiger charge is 2.18. The monoisotopic (exact) mass is 320 g/mol. The molecule has 0 bridgehead atoms. The predicted octanol–water partition coefficient (Wildman–Crippen LogP) is 0.639. The minimum atomic E-state index is -3.78. The summed E-state index contributed by atoms with van der Waals surface area (Å²) >= 11 is 0.835. The van der Waals surface area contributed by atoms with Crippen molar-refractivity contribution in [1.29, 1.82) is 0 Å². The number of thiophene rings is 1.